The number of rotatable bonds is 3. The van der Waals surface area contributed by atoms with Crippen molar-refractivity contribution in [2.45, 2.75) is 19.2 Å². The van der Waals surface area contributed by atoms with Crippen LogP contribution >= 0.6 is 24.0 Å². The molecule has 0 radical (unpaired) electrons. The second-order valence-corrected chi connectivity index (χ2v) is 5.15. The first kappa shape index (κ1) is 11.4. The second-order valence-electron chi connectivity index (χ2n) is 3.66. The molecular formula is C10H16N2OS2. The Kier molecular flexibility index (Phi) is 4.02. The van der Waals surface area contributed by atoms with E-state index in [9.17, 15) is 0 Å². The molecule has 84 valence electrons. The van der Waals surface area contributed by atoms with Crippen LogP contribution in [0.2, 0.25) is 0 Å². The number of thiol groups is 1. The first-order valence-corrected chi connectivity index (χ1v) is 6.60. The third-order valence-electron chi connectivity index (χ3n) is 2.54. The molecule has 3 nitrogen and oxygen atoms in total. The van der Waals surface area contributed by atoms with Gasteiger partial charge < -0.3 is 4.74 Å². The molecule has 0 saturated carbocycles. The van der Waals surface area contributed by atoms with Gasteiger partial charge in [0, 0.05) is 23.7 Å². The molecule has 1 aromatic heterocycles. The molecule has 0 spiro atoms. The van der Waals surface area contributed by atoms with Crippen molar-refractivity contribution < 1.29 is 4.74 Å². The maximum absolute atomic E-state index is 5.32. The Bertz CT molecular complexity index is 321. The van der Waals surface area contributed by atoms with Crippen molar-refractivity contribution in [1.29, 1.82) is 0 Å². The van der Waals surface area contributed by atoms with Crippen LogP contribution in [0, 0.1) is 6.92 Å². The molecule has 2 rings (SSSR count). The van der Waals surface area contributed by atoms with E-state index in [2.05, 4.69) is 29.4 Å². The highest BCUT2D eigenvalue weighted by molar-refractivity contribution is 7.79. The van der Waals surface area contributed by atoms with Crippen molar-refractivity contribution in [3.63, 3.8) is 0 Å². The summed E-state index contributed by atoms with van der Waals surface area (Å²) in [4.78, 5) is 8.25. The number of aromatic nitrogens is 1. The normalized spacial score (nSPS) is 18.3. The minimum atomic E-state index is 0.798. The lowest BCUT2D eigenvalue weighted by molar-refractivity contribution is 0.0341. The van der Waals surface area contributed by atoms with E-state index < -0.39 is 0 Å². The monoisotopic (exact) mass is 244 g/mol. The van der Waals surface area contributed by atoms with E-state index in [0.717, 1.165) is 44.3 Å². The van der Waals surface area contributed by atoms with Gasteiger partial charge in [-0.1, -0.05) is 0 Å². The molecule has 2 heterocycles. The van der Waals surface area contributed by atoms with Crippen molar-refractivity contribution in [1.82, 2.24) is 9.88 Å². The molecule has 0 atom stereocenters. The van der Waals surface area contributed by atoms with Crippen molar-refractivity contribution in [2.24, 2.45) is 0 Å². The molecule has 0 aromatic carbocycles. The summed E-state index contributed by atoms with van der Waals surface area (Å²) in [6.45, 7) is 6.77. The third kappa shape index (κ3) is 2.93. The van der Waals surface area contributed by atoms with Gasteiger partial charge in [-0.15, -0.1) is 11.3 Å². The van der Waals surface area contributed by atoms with Crippen LogP contribution < -0.4 is 0 Å². The molecule has 1 aliphatic rings. The maximum Gasteiger partial charge on any atom is 0.107 e. The van der Waals surface area contributed by atoms with Crippen LogP contribution in [-0.2, 0) is 17.0 Å². The number of aryl methyl sites for hydroxylation is 1. The molecule has 1 aliphatic heterocycles. The van der Waals surface area contributed by atoms with Crippen LogP contribution in [0.1, 0.15) is 15.6 Å². The third-order valence-corrected chi connectivity index (χ3v) is 4.22. The van der Waals surface area contributed by atoms with Gasteiger partial charge in [-0.2, -0.15) is 12.6 Å². The highest BCUT2D eigenvalue weighted by Crippen LogP contribution is 2.21. The van der Waals surface area contributed by atoms with Crippen molar-refractivity contribution in [3.8, 4) is 0 Å². The van der Waals surface area contributed by atoms with Gasteiger partial charge in [0.05, 0.1) is 25.5 Å². The van der Waals surface area contributed by atoms with Crippen LogP contribution in [0.3, 0.4) is 0 Å². The van der Waals surface area contributed by atoms with E-state index in [4.69, 9.17) is 4.74 Å². The molecule has 1 fully saturated rings. The zero-order chi connectivity index (χ0) is 10.7. The summed E-state index contributed by atoms with van der Waals surface area (Å²) in [6, 6.07) is 0. The molecule has 1 saturated heterocycles. The van der Waals surface area contributed by atoms with Gasteiger partial charge in [-0.05, 0) is 6.92 Å². The highest BCUT2D eigenvalue weighted by atomic mass is 32.1. The quantitative estimate of drug-likeness (QED) is 0.820. The zero-order valence-electron chi connectivity index (χ0n) is 8.90. The number of thiazole rings is 1. The molecule has 0 amide bonds. The molecule has 0 unspecified atom stereocenters. The number of nitrogens with zero attached hydrogens (tertiary/aromatic N) is 2. The molecule has 0 aliphatic carbocycles. The minimum absolute atomic E-state index is 0.798. The summed E-state index contributed by atoms with van der Waals surface area (Å²) >= 11 is 6.08. The van der Waals surface area contributed by atoms with Gasteiger partial charge in [0.1, 0.15) is 5.01 Å². The summed E-state index contributed by atoms with van der Waals surface area (Å²) in [5, 5.41) is 1.21. The number of hydrogen-bond donors (Lipinski definition) is 1. The van der Waals surface area contributed by atoms with Crippen LogP contribution in [0.25, 0.3) is 0 Å². The Morgan fingerprint density at radius 2 is 2.20 bits per heavy atom. The molecule has 15 heavy (non-hydrogen) atoms. The Hall–Kier alpha value is -0.100. The average Bonchev–Trinajstić information content (AvgIpc) is 2.60. The van der Waals surface area contributed by atoms with Gasteiger partial charge >= 0.3 is 0 Å². The van der Waals surface area contributed by atoms with E-state index in [-0.39, 0.29) is 0 Å². The molecule has 1 aromatic rings. The van der Waals surface area contributed by atoms with Gasteiger partial charge in [0.25, 0.3) is 0 Å². The van der Waals surface area contributed by atoms with Crippen molar-refractivity contribution in [2.75, 3.05) is 26.3 Å². The Balaban J connectivity index is 1.97. The highest BCUT2D eigenvalue weighted by Gasteiger charge is 2.13. The lowest BCUT2D eigenvalue weighted by atomic mass is 10.4. The van der Waals surface area contributed by atoms with E-state index in [0.29, 0.717) is 0 Å². The maximum atomic E-state index is 5.32. The van der Waals surface area contributed by atoms with E-state index in [1.54, 1.807) is 11.3 Å². The summed E-state index contributed by atoms with van der Waals surface area (Å²) < 4.78 is 5.32. The largest absolute Gasteiger partial charge is 0.379 e. The van der Waals surface area contributed by atoms with Gasteiger partial charge in [0.15, 0.2) is 0 Å². The predicted octanol–water partition coefficient (Wildman–Crippen LogP) is 1.71. The van der Waals surface area contributed by atoms with Gasteiger partial charge in [0.2, 0.25) is 0 Å². The van der Waals surface area contributed by atoms with Crippen LogP contribution in [0.5, 0.6) is 0 Å². The fourth-order valence-corrected chi connectivity index (χ4v) is 3.05. The van der Waals surface area contributed by atoms with E-state index in [1.165, 1.54) is 9.88 Å². The van der Waals surface area contributed by atoms with Crippen molar-refractivity contribution in [3.05, 3.63) is 15.6 Å². The molecule has 0 bridgehead atoms. The summed E-state index contributed by atoms with van der Waals surface area (Å²) in [6.07, 6.45) is 0. The van der Waals surface area contributed by atoms with Crippen LogP contribution in [0.15, 0.2) is 0 Å². The number of hydrogen-bond acceptors (Lipinski definition) is 5. The topological polar surface area (TPSA) is 25.4 Å². The fourth-order valence-electron chi connectivity index (χ4n) is 1.65. The van der Waals surface area contributed by atoms with Crippen LogP contribution in [-0.4, -0.2) is 36.2 Å². The Labute approximate surface area is 99.9 Å². The standard InChI is InChI=1S/C10H16N2OS2/c1-8-9(7-14)15-10(11-8)6-12-2-4-13-5-3-12/h14H,2-7H2,1H3. The zero-order valence-corrected chi connectivity index (χ0v) is 10.6. The SMILES string of the molecule is Cc1nc(CN2CCOCC2)sc1CS. The summed E-state index contributed by atoms with van der Waals surface area (Å²) in [5.74, 6) is 0.798. The lowest BCUT2D eigenvalue weighted by Crippen LogP contribution is -2.35. The Morgan fingerprint density at radius 1 is 1.47 bits per heavy atom. The second kappa shape index (κ2) is 5.30. The average molecular weight is 244 g/mol. The smallest absolute Gasteiger partial charge is 0.107 e. The Morgan fingerprint density at radius 3 is 2.80 bits per heavy atom. The van der Waals surface area contributed by atoms with Crippen LogP contribution in [0.4, 0.5) is 0 Å². The van der Waals surface area contributed by atoms with Crippen molar-refractivity contribution >= 4 is 24.0 Å². The number of morpholine rings is 1. The molecule has 5 heteroatoms. The lowest BCUT2D eigenvalue weighted by Gasteiger charge is -2.25. The number of ether oxygens (including phenoxy) is 1. The van der Waals surface area contributed by atoms with Gasteiger partial charge in [-0.25, -0.2) is 4.98 Å². The first-order valence-electron chi connectivity index (χ1n) is 5.15. The van der Waals surface area contributed by atoms with Gasteiger partial charge in [-0.3, -0.25) is 4.90 Å². The minimum Gasteiger partial charge on any atom is -0.379 e. The summed E-state index contributed by atoms with van der Waals surface area (Å²) in [7, 11) is 0. The fraction of sp³-hybridized carbons (Fsp3) is 0.700. The molecule has 0 N–H and O–H groups in total. The molecular weight excluding hydrogens is 228 g/mol. The predicted molar refractivity (Wildman–Crippen MR) is 65.6 cm³/mol. The summed E-state index contributed by atoms with van der Waals surface area (Å²) in [5.41, 5.74) is 1.14. The van der Waals surface area contributed by atoms with E-state index >= 15 is 0 Å². The first-order chi connectivity index (χ1) is 7.29. The van der Waals surface area contributed by atoms with E-state index in [1.807, 2.05) is 0 Å².